The molecule has 2 aromatic heterocycles. The lowest BCUT2D eigenvalue weighted by Crippen LogP contribution is -2.42. The molecule has 1 N–H and O–H groups in total. The number of amides is 2. The maximum absolute atomic E-state index is 13.7. The van der Waals surface area contributed by atoms with Gasteiger partial charge in [-0.05, 0) is 54.9 Å². The summed E-state index contributed by atoms with van der Waals surface area (Å²) in [6.07, 6.45) is 4.54. The molecule has 2 amide bonds. The predicted octanol–water partition coefficient (Wildman–Crippen LogP) is 3.82. The Bertz CT molecular complexity index is 1350. The van der Waals surface area contributed by atoms with Crippen molar-refractivity contribution in [2.75, 3.05) is 4.90 Å². The number of thiazole rings is 1. The van der Waals surface area contributed by atoms with Crippen LogP contribution in [0.15, 0.2) is 58.6 Å². The van der Waals surface area contributed by atoms with Gasteiger partial charge < -0.3 is 4.98 Å². The molecule has 33 heavy (non-hydrogen) atoms. The van der Waals surface area contributed by atoms with Gasteiger partial charge in [0.1, 0.15) is 0 Å². The van der Waals surface area contributed by atoms with Crippen LogP contribution in [0, 0.1) is 36.5 Å². The third-order valence-electron chi connectivity index (χ3n) is 8.06. The maximum atomic E-state index is 13.7. The number of fused-ring (bicyclic) bond motifs is 9. The molecule has 4 heterocycles. The Balaban J connectivity index is 1.33. The summed E-state index contributed by atoms with van der Waals surface area (Å²) in [6, 6.07) is 11.6. The van der Waals surface area contributed by atoms with Crippen molar-refractivity contribution in [3.8, 4) is 0 Å². The van der Waals surface area contributed by atoms with E-state index in [9.17, 15) is 14.4 Å². The monoisotopic (exact) mass is 475 g/mol. The number of hydrogen-bond donors (Lipinski definition) is 1. The van der Waals surface area contributed by atoms with Crippen LogP contribution in [0.4, 0.5) is 5.69 Å². The number of anilines is 1. The zero-order valence-electron chi connectivity index (χ0n) is 17.8. The number of thioether (sulfide) groups is 1. The number of nitrogens with zero attached hydrogens (tertiary/aromatic N) is 2. The fourth-order valence-corrected chi connectivity index (χ4v) is 9.79. The summed E-state index contributed by atoms with van der Waals surface area (Å²) in [6.45, 7) is 2.00. The smallest absolute Gasteiger partial charge is 0.305 e. The highest BCUT2D eigenvalue weighted by Gasteiger charge is 2.69. The number of aromatic nitrogens is 2. The van der Waals surface area contributed by atoms with Crippen LogP contribution in [-0.4, -0.2) is 27.0 Å². The number of pyridine rings is 1. The van der Waals surface area contributed by atoms with Crippen LogP contribution >= 0.6 is 23.1 Å². The summed E-state index contributed by atoms with van der Waals surface area (Å²) in [5.41, 5.74) is 2.85. The van der Waals surface area contributed by atoms with Crippen LogP contribution in [0.25, 0.3) is 0 Å². The van der Waals surface area contributed by atoms with E-state index >= 15 is 0 Å². The van der Waals surface area contributed by atoms with Crippen molar-refractivity contribution in [3.63, 3.8) is 0 Å². The number of imide groups is 1. The lowest BCUT2D eigenvalue weighted by atomic mass is 9.68. The van der Waals surface area contributed by atoms with E-state index < -0.39 is 0 Å². The molecule has 8 heteroatoms. The van der Waals surface area contributed by atoms with Crippen LogP contribution in [0.1, 0.15) is 28.3 Å². The second kappa shape index (κ2) is 6.90. The number of benzene rings is 1. The minimum absolute atomic E-state index is 0.0242. The van der Waals surface area contributed by atoms with E-state index in [1.54, 1.807) is 18.0 Å². The van der Waals surface area contributed by atoms with Gasteiger partial charge in [-0.3, -0.25) is 24.3 Å². The molecule has 6 nitrogen and oxygen atoms in total. The van der Waals surface area contributed by atoms with Crippen molar-refractivity contribution in [1.29, 1.82) is 0 Å². The molecule has 1 aromatic carbocycles. The molecule has 7 atom stereocenters. The number of rotatable bonds is 2. The summed E-state index contributed by atoms with van der Waals surface area (Å²) in [5, 5.41) is 1.13. The number of hydrogen-bond acceptors (Lipinski definition) is 6. The van der Waals surface area contributed by atoms with Gasteiger partial charge in [-0.2, -0.15) is 0 Å². The van der Waals surface area contributed by atoms with Gasteiger partial charge in [-0.25, -0.2) is 0 Å². The van der Waals surface area contributed by atoms with Crippen LogP contribution in [0.5, 0.6) is 0 Å². The molecule has 2 aliphatic carbocycles. The van der Waals surface area contributed by atoms with Gasteiger partial charge in [0.15, 0.2) is 0 Å². The molecule has 2 aliphatic heterocycles. The van der Waals surface area contributed by atoms with Gasteiger partial charge in [0, 0.05) is 28.4 Å². The van der Waals surface area contributed by atoms with Crippen LogP contribution in [0.2, 0.25) is 0 Å². The largest absolute Gasteiger partial charge is 0.307 e. The Morgan fingerprint density at radius 2 is 1.79 bits per heavy atom. The third-order valence-corrected chi connectivity index (χ3v) is 10.6. The second-order valence-electron chi connectivity index (χ2n) is 9.59. The van der Waals surface area contributed by atoms with Crippen molar-refractivity contribution in [2.24, 2.45) is 29.6 Å². The molecule has 0 spiro atoms. The number of carbonyl (C=O) groups is 2. The SMILES string of the molecule is Cc1ccc(N2C(=O)[C@H]3[C@H]4C[C@@H]([C@@H]3C2=O)[C@H]2[C@H](c3cccnc3)c3sc(=O)[nH]c3S[C@H]42)cc1. The van der Waals surface area contributed by atoms with Crippen LogP contribution in [-0.2, 0) is 9.59 Å². The third kappa shape index (κ3) is 2.62. The number of H-pyrrole nitrogens is 1. The van der Waals surface area contributed by atoms with Gasteiger partial charge in [-0.1, -0.05) is 35.1 Å². The Hall–Kier alpha value is -2.71. The number of aromatic amines is 1. The molecule has 7 rings (SSSR count). The Labute approximate surface area is 198 Å². The average Bonchev–Trinajstić information content (AvgIpc) is 3.54. The van der Waals surface area contributed by atoms with Gasteiger partial charge >= 0.3 is 4.87 Å². The van der Waals surface area contributed by atoms with Crippen molar-refractivity contribution < 1.29 is 9.59 Å². The number of aryl methyl sites for hydroxylation is 1. The van der Waals surface area contributed by atoms with E-state index in [4.69, 9.17) is 0 Å². The highest BCUT2D eigenvalue weighted by atomic mass is 32.2. The first-order valence-corrected chi connectivity index (χ1v) is 13.0. The van der Waals surface area contributed by atoms with E-state index in [-0.39, 0.29) is 57.4 Å². The lowest BCUT2D eigenvalue weighted by molar-refractivity contribution is -0.123. The second-order valence-corrected chi connectivity index (χ2v) is 11.8. The molecule has 2 bridgehead atoms. The van der Waals surface area contributed by atoms with Gasteiger partial charge in [0.25, 0.3) is 0 Å². The molecule has 0 unspecified atom stereocenters. The fourth-order valence-electron chi connectivity index (χ4n) is 6.90. The summed E-state index contributed by atoms with van der Waals surface area (Å²) < 4.78 is 0. The highest BCUT2D eigenvalue weighted by Crippen LogP contribution is 2.68. The molecular weight excluding hydrogens is 454 g/mol. The lowest BCUT2D eigenvalue weighted by Gasteiger charge is -2.42. The predicted molar refractivity (Wildman–Crippen MR) is 126 cm³/mol. The van der Waals surface area contributed by atoms with E-state index in [1.807, 2.05) is 43.5 Å². The molecular formula is C25H21N3O3S2. The number of carbonyl (C=O) groups excluding carboxylic acids is 2. The standard InChI is InChI=1S/C25H21N3O3S2/c1-11-4-6-13(7-5-11)28-23(29)18-14-9-15(19(18)24(28)30)20-17(14)16(12-3-2-8-26-10-12)21-22(32-20)27-25(31)33-21/h2-8,10,14-20H,9H2,1H3,(H,27,31)/t14-,15-,16+,17+,18+,19+,20-/m1/s1. The van der Waals surface area contributed by atoms with Crippen molar-refractivity contribution in [1.82, 2.24) is 9.97 Å². The highest BCUT2D eigenvalue weighted by molar-refractivity contribution is 8.00. The first-order valence-electron chi connectivity index (χ1n) is 11.3. The minimum Gasteiger partial charge on any atom is -0.307 e. The number of nitrogens with one attached hydrogen (secondary N) is 1. The molecule has 0 radical (unpaired) electrons. The normalized spacial score (nSPS) is 33.8. The van der Waals surface area contributed by atoms with Crippen LogP contribution < -0.4 is 9.77 Å². The zero-order chi connectivity index (χ0) is 22.4. The first kappa shape index (κ1) is 19.7. The van der Waals surface area contributed by atoms with Gasteiger partial charge in [0.05, 0.1) is 22.5 Å². The Kier molecular flexibility index (Phi) is 4.13. The maximum Gasteiger partial charge on any atom is 0.305 e. The van der Waals surface area contributed by atoms with Crippen molar-refractivity contribution in [2.45, 2.75) is 29.5 Å². The van der Waals surface area contributed by atoms with E-state index in [2.05, 4.69) is 16.0 Å². The quantitative estimate of drug-likeness (QED) is 0.570. The van der Waals surface area contributed by atoms with E-state index in [0.29, 0.717) is 5.69 Å². The molecule has 1 saturated heterocycles. The average molecular weight is 476 g/mol. The summed E-state index contributed by atoms with van der Waals surface area (Å²) in [5.74, 6) is -0.153. The summed E-state index contributed by atoms with van der Waals surface area (Å²) in [4.78, 5) is 49.3. The molecule has 166 valence electrons. The van der Waals surface area contributed by atoms with Gasteiger partial charge in [0.2, 0.25) is 11.8 Å². The van der Waals surface area contributed by atoms with Crippen molar-refractivity contribution >= 4 is 40.6 Å². The zero-order valence-corrected chi connectivity index (χ0v) is 19.4. The van der Waals surface area contributed by atoms with E-state index in [0.717, 1.165) is 27.5 Å². The fraction of sp³-hybridized carbons (Fsp3) is 0.360. The molecule has 4 aliphatic rings. The van der Waals surface area contributed by atoms with E-state index in [1.165, 1.54) is 16.2 Å². The molecule has 2 saturated carbocycles. The first-order chi connectivity index (χ1) is 16.0. The Morgan fingerprint density at radius 3 is 2.52 bits per heavy atom. The summed E-state index contributed by atoms with van der Waals surface area (Å²) >= 11 is 2.99. The van der Waals surface area contributed by atoms with Gasteiger partial charge in [-0.15, -0.1) is 11.8 Å². The summed E-state index contributed by atoms with van der Waals surface area (Å²) in [7, 11) is 0. The topological polar surface area (TPSA) is 83.1 Å². The Morgan fingerprint density at radius 1 is 1.03 bits per heavy atom. The minimum atomic E-state index is -0.276. The molecule has 3 aromatic rings. The van der Waals surface area contributed by atoms with Crippen molar-refractivity contribution in [3.05, 3.63) is 74.5 Å². The van der Waals surface area contributed by atoms with Crippen LogP contribution in [0.3, 0.4) is 0 Å². The molecule has 3 fully saturated rings.